The van der Waals surface area contributed by atoms with Gasteiger partial charge < -0.3 is 0 Å². The predicted molar refractivity (Wildman–Crippen MR) is 74.7 cm³/mol. The highest BCUT2D eigenvalue weighted by molar-refractivity contribution is 7.98. The zero-order valence-corrected chi connectivity index (χ0v) is 12.3. The van der Waals surface area contributed by atoms with Crippen LogP contribution in [0.4, 0.5) is 0 Å². The average molecular weight is 289 g/mol. The van der Waals surface area contributed by atoms with E-state index in [1.807, 2.05) is 11.8 Å². The van der Waals surface area contributed by atoms with Gasteiger partial charge in [0, 0.05) is 12.8 Å². The van der Waals surface area contributed by atoms with Gasteiger partial charge in [-0.2, -0.15) is 11.8 Å². The monoisotopic (exact) mass is 289 g/mol. The van der Waals surface area contributed by atoms with Crippen LogP contribution >= 0.6 is 11.8 Å². The van der Waals surface area contributed by atoms with Crippen molar-refractivity contribution in [3.8, 4) is 0 Å². The molecule has 1 N–H and O–H groups in total. The molecule has 19 heavy (non-hydrogen) atoms. The van der Waals surface area contributed by atoms with Gasteiger partial charge in [-0.3, -0.25) is 14.5 Å². The van der Waals surface area contributed by atoms with Gasteiger partial charge in [0.2, 0.25) is 11.8 Å². The van der Waals surface area contributed by atoms with Crippen LogP contribution in [0.1, 0.15) is 51.4 Å². The van der Waals surface area contributed by atoms with Gasteiger partial charge in [0.15, 0.2) is 6.23 Å². The quantitative estimate of drug-likeness (QED) is 0.290. The highest BCUT2D eigenvalue weighted by Gasteiger charge is 2.35. The molecule has 0 aliphatic carbocycles. The van der Waals surface area contributed by atoms with Gasteiger partial charge in [0.1, 0.15) is 0 Å². The zero-order chi connectivity index (χ0) is 14.1. The van der Waals surface area contributed by atoms with E-state index >= 15 is 0 Å². The molecule has 0 aromatic carbocycles. The molecule has 1 fully saturated rings. The third kappa shape index (κ3) is 5.50. The second-order valence-electron chi connectivity index (χ2n) is 4.77. The van der Waals surface area contributed by atoms with Gasteiger partial charge in [-0.15, -0.1) is 0 Å². The first-order valence-corrected chi connectivity index (χ1v) is 8.24. The molecule has 1 rings (SSSR count). The molecule has 2 amide bonds. The molecule has 1 heterocycles. The van der Waals surface area contributed by atoms with Crippen molar-refractivity contribution in [3.05, 3.63) is 0 Å². The van der Waals surface area contributed by atoms with Crippen LogP contribution in [0.15, 0.2) is 0 Å². The molecule has 5 nitrogen and oxygen atoms in total. The lowest BCUT2D eigenvalue weighted by Crippen LogP contribution is -2.40. The standard InChI is InChI=1S/C13H23NO4S/c1-19-10-6-4-2-3-5-7-13(18-17)14-11(15)8-9-12(14)16/h13,17H,2-10H2,1H3. The number of nitrogens with zero attached hydrogens (tertiary/aromatic N) is 1. The molecule has 1 atom stereocenters. The van der Waals surface area contributed by atoms with Crippen molar-refractivity contribution in [1.29, 1.82) is 0 Å². The van der Waals surface area contributed by atoms with Crippen LogP contribution in [0.3, 0.4) is 0 Å². The number of likely N-dealkylation sites (tertiary alicyclic amines) is 1. The summed E-state index contributed by atoms with van der Waals surface area (Å²) in [4.78, 5) is 28.4. The summed E-state index contributed by atoms with van der Waals surface area (Å²) in [7, 11) is 0. The largest absolute Gasteiger partial charge is 0.274 e. The summed E-state index contributed by atoms with van der Waals surface area (Å²) in [6.45, 7) is 0. The Morgan fingerprint density at radius 3 is 2.32 bits per heavy atom. The van der Waals surface area contributed by atoms with E-state index in [0.29, 0.717) is 6.42 Å². The Bertz CT molecular complexity index is 282. The van der Waals surface area contributed by atoms with Gasteiger partial charge in [-0.05, 0) is 31.3 Å². The number of hydrogen-bond donors (Lipinski definition) is 1. The number of rotatable bonds is 10. The van der Waals surface area contributed by atoms with E-state index in [0.717, 1.165) is 24.2 Å². The molecule has 1 aliphatic heterocycles. The predicted octanol–water partition coefficient (Wildman–Crippen LogP) is 2.65. The first kappa shape index (κ1) is 16.5. The third-order valence-corrected chi connectivity index (χ3v) is 4.00. The molecule has 1 aliphatic rings. The topological polar surface area (TPSA) is 66.8 Å². The van der Waals surface area contributed by atoms with Crippen molar-refractivity contribution in [2.75, 3.05) is 12.0 Å². The van der Waals surface area contributed by atoms with E-state index in [1.165, 1.54) is 18.6 Å². The lowest BCUT2D eigenvalue weighted by Gasteiger charge is -2.22. The van der Waals surface area contributed by atoms with Crippen LogP contribution in [0.25, 0.3) is 0 Å². The molecule has 0 spiro atoms. The van der Waals surface area contributed by atoms with Gasteiger partial charge >= 0.3 is 0 Å². The highest BCUT2D eigenvalue weighted by Crippen LogP contribution is 2.20. The van der Waals surface area contributed by atoms with E-state index in [2.05, 4.69) is 11.1 Å². The molecule has 1 saturated heterocycles. The molecule has 0 bridgehead atoms. The van der Waals surface area contributed by atoms with Crippen molar-refractivity contribution in [2.24, 2.45) is 0 Å². The summed E-state index contributed by atoms with van der Waals surface area (Å²) in [5.74, 6) is 0.701. The fraction of sp³-hybridized carbons (Fsp3) is 0.846. The van der Waals surface area contributed by atoms with E-state index in [-0.39, 0.29) is 24.7 Å². The van der Waals surface area contributed by atoms with Crippen LogP contribution in [0, 0.1) is 0 Å². The number of carbonyl (C=O) groups is 2. The summed E-state index contributed by atoms with van der Waals surface area (Å²) in [5.41, 5.74) is 0. The Labute approximate surface area is 118 Å². The summed E-state index contributed by atoms with van der Waals surface area (Å²) in [6, 6.07) is 0. The molecule has 0 saturated carbocycles. The molecule has 110 valence electrons. The average Bonchev–Trinajstić information content (AvgIpc) is 2.73. The summed E-state index contributed by atoms with van der Waals surface area (Å²) in [6.07, 6.45) is 7.72. The van der Waals surface area contributed by atoms with Crippen molar-refractivity contribution in [2.45, 2.75) is 57.6 Å². The number of amides is 2. The van der Waals surface area contributed by atoms with Crippen molar-refractivity contribution >= 4 is 23.6 Å². The minimum Gasteiger partial charge on any atom is -0.274 e. The maximum absolute atomic E-state index is 11.5. The fourth-order valence-electron chi connectivity index (χ4n) is 2.24. The number of imide groups is 1. The van der Waals surface area contributed by atoms with Crippen LogP contribution < -0.4 is 0 Å². The Kier molecular flexibility index (Phi) is 8.09. The minimum absolute atomic E-state index is 0.230. The van der Waals surface area contributed by atoms with Gasteiger partial charge in [0.25, 0.3) is 0 Å². The van der Waals surface area contributed by atoms with Crippen molar-refractivity contribution in [1.82, 2.24) is 4.90 Å². The molecule has 6 heteroatoms. The molecule has 1 unspecified atom stereocenters. The normalized spacial score (nSPS) is 17.3. The summed E-state index contributed by atoms with van der Waals surface area (Å²) < 4.78 is 0. The second-order valence-corrected chi connectivity index (χ2v) is 5.75. The van der Waals surface area contributed by atoms with Crippen LogP contribution in [-0.2, 0) is 14.5 Å². The Morgan fingerprint density at radius 2 is 1.74 bits per heavy atom. The van der Waals surface area contributed by atoms with E-state index in [9.17, 15) is 9.59 Å². The number of unbranched alkanes of at least 4 members (excludes halogenated alkanes) is 4. The Balaban J connectivity index is 2.18. The molecule has 0 radical (unpaired) electrons. The van der Waals surface area contributed by atoms with E-state index in [4.69, 9.17) is 5.26 Å². The van der Waals surface area contributed by atoms with Gasteiger partial charge in [0.05, 0.1) is 0 Å². The van der Waals surface area contributed by atoms with Gasteiger partial charge in [-0.1, -0.05) is 19.3 Å². The number of carbonyl (C=O) groups excluding carboxylic acids is 2. The zero-order valence-electron chi connectivity index (χ0n) is 11.5. The van der Waals surface area contributed by atoms with Crippen LogP contribution in [0.2, 0.25) is 0 Å². The smallest absolute Gasteiger partial charge is 0.231 e. The molecule has 0 aromatic rings. The van der Waals surface area contributed by atoms with E-state index in [1.54, 1.807) is 0 Å². The lowest BCUT2D eigenvalue weighted by atomic mass is 10.1. The van der Waals surface area contributed by atoms with Crippen LogP contribution in [-0.4, -0.2) is 40.2 Å². The fourth-order valence-corrected chi connectivity index (χ4v) is 2.73. The maximum Gasteiger partial charge on any atom is 0.231 e. The first-order chi connectivity index (χ1) is 9.20. The first-order valence-electron chi connectivity index (χ1n) is 6.84. The van der Waals surface area contributed by atoms with E-state index < -0.39 is 6.23 Å². The molecular formula is C13H23NO4S. The Hall–Kier alpha value is -0.590. The maximum atomic E-state index is 11.5. The minimum atomic E-state index is -0.798. The molecular weight excluding hydrogens is 266 g/mol. The van der Waals surface area contributed by atoms with Crippen LogP contribution in [0.5, 0.6) is 0 Å². The third-order valence-electron chi connectivity index (χ3n) is 3.30. The van der Waals surface area contributed by atoms with Crippen molar-refractivity contribution in [3.63, 3.8) is 0 Å². The SMILES string of the molecule is CSCCCCCCCC(OO)N1C(=O)CCC1=O. The lowest BCUT2D eigenvalue weighted by molar-refractivity contribution is -0.305. The number of hydrogen-bond acceptors (Lipinski definition) is 5. The second kappa shape index (κ2) is 9.34. The summed E-state index contributed by atoms with van der Waals surface area (Å²) >= 11 is 1.86. The van der Waals surface area contributed by atoms with Gasteiger partial charge in [-0.25, -0.2) is 10.1 Å². The number of thioether (sulfide) groups is 1. The highest BCUT2D eigenvalue weighted by atomic mass is 32.2. The summed E-state index contributed by atoms with van der Waals surface area (Å²) in [5, 5.41) is 8.85. The molecule has 0 aromatic heterocycles. The Morgan fingerprint density at radius 1 is 1.16 bits per heavy atom. The van der Waals surface area contributed by atoms with Crippen molar-refractivity contribution < 1.29 is 19.7 Å².